The smallest absolute Gasteiger partial charge is 0.259 e. The van der Waals surface area contributed by atoms with E-state index in [9.17, 15) is 9.59 Å². The predicted octanol–water partition coefficient (Wildman–Crippen LogP) is 0.572. The van der Waals surface area contributed by atoms with Crippen LogP contribution in [0.2, 0.25) is 0 Å². The summed E-state index contributed by atoms with van der Waals surface area (Å²) in [6, 6.07) is -0.0817. The van der Waals surface area contributed by atoms with E-state index in [0.29, 0.717) is 36.7 Å². The number of nitrogens with one attached hydrogen (secondary N) is 1. The molecule has 1 aliphatic rings. The fourth-order valence-corrected chi connectivity index (χ4v) is 2.95. The number of aryl methyl sites for hydroxylation is 2. The summed E-state index contributed by atoms with van der Waals surface area (Å²) in [5.41, 5.74) is 1.10. The first-order chi connectivity index (χ1) is 10.4. The molecule has 0 saturated carbocycles. The number of amides is 2. The van der Waals surface area contributed by atoms with Gasteiger partial charge in [0.1, 0.15) is 17.4 Å². The molecule has 1 fully saturated rings. The van der Waals surface area contributed by atoms with Gasteiger partial charge in [-0.2, -0.15) is 0 Å². The first-order valence-electron chi connectivity index (χ1n) is 7.56. The van der Waals surface area contributed by atoms with Crippen LogP contribution in [0.4, 0.5) is 0 Å². The number of likely N-dealkylation sites (N-methyl/N-ethyl adjacent to an activating group) is 1. The summed E-state index contributed by atoms with van der Waals surface area (Å²) < 4.78 is 5.07. The highest BCUT2D eigenvalue weighted by atomic mass is 16.5. The van der Waals surface area contributed by atoms with Crippen LogP contribution in [0.5, 0.6) is 0 Å². The molecule has 1 N–H and O–H groups in total. The zero-order valence-corrected chi connectivity index (χ0v) is 13.8. The molecule has 2 amide bonds. The molecule has 2 rings (SSSR count). The summed E-state index contributed by atoms with van der Waals surface area (Å²) in [6.07, 6.45) is 0. The molecule has 0 radical (unpaired) electrons. The molecule has 0 aliphatic carbocycles. The molecule has 7 heteroatoms. The summed E-state index contributed by atoms with van der Waals surface area (Å²) in [5, 5.41) is 6.52. The van der Waals surface area contributed by atoms with Crippen molar-refractivity contribution in [1.82, 2.24) is 20.3 Å². The van der Waals surface area contributed by atoms with E-state index >= 15 is 0 Å². The number of nitrogens with zero attached hydrogens (tertiary/aromatic N) is 3. The average molecular weight is 308 g/mol. The van der Waals surface area contributed by atoms with Crippen molar-refractivity contribution in [3.05, 3.63) is 17.0 Å². The van der Waals surface area contributed by atoms with E-state index in [0.717, 1.165) is 0 Å². The van der Waals surface area contributed by atoms with Crippen LogP contribution in [0, 0.1) is 13.8 Å². The van der Waals surface area contributed by atoms with Crippen molar-refractivity contribution in [3.63, 3.8) is 0 Å². The minimum atomic E-state index is -0.330. The van der Waals surface area contributed by atoms with Gasteiger partial charge in [0.2, 0.25) is 5.91 Å². The fraction of sp³-hybridized carbons (Fsp3) is 0.667. The standard InChI is InChI=1S/C15H24N4O3/c1-9(2)19-7-6-18(8-12(19)14(20)16-5)15(21)13-10(3)17-22-11(13)4/h9,12H,6-8H2,1-5H3,(H,16,20)/t12-/m0/s1. The van der Waals surface area contributed by atoms with Gasteiger partial charge in [-0.05, 0) is 27.7 Å². The third-order valence-corrected chi connectivity index (χ3v) is 4.17. The zero-order valence-electron chi connectivity index (χ0n) is 13.8. The van der Waals surface area contributed by atoms with Crippen LogP contribution in [0.15, 0.2) is 4.52 Å². The highest BCUT2D eigenvalue weighted by Crippen LogP contribution is 2.19. The molecule has 122 valence electrons. The Balaban J connectivity index is 2.21. The molecule has 1 atom stereocenters. The first-order valence-corrected chi connectivity index (χ1v) is 7.56. The number of aromatic nitrogens is 1. The maximum atomic E-state index is 12.7. The molecule has 1 aromatic heterocycles. The Labute approximate surface area is 130 Å². The van der Waals surface area contributed by atoms with Gasteiger partial charge >= 0.3 is 0 Å². The molecular formula is C15H24N4O3. The van der Waals surface area contributed by atoms with Crippen molar-refractivity contribution in [3.8, 4) is 0 Å². The van der Waals surface area contributed by atoms with Crippen LogP contribution in [0.3, 0.4) is 0 Å². The Bertz CT molecular complexity index is 548. The van der Waals surface area contributed by atoms with Crippen LogP contribution in [0.1, 0.15) is 35.7 Å². The Morgan fingerprint density at radius 1 is 1.32 bits per heavy atom. The molecule has 1 aromatic rings. The van der Waals surface area contributed by atoms with Crippen molar-refractivity contribution >= 4 is 11.8 Å². The lowest BCUT2D eigenvalue weighted by atomic mass is 10.1. The average Bonchev–Trinajstić information content (AvgIpc) is 2.84. The third kappa shape index (κ3) is 2.99. The van der Waals surface area contributed by atoms with E-state index < -0.39 is 0 Å². The minimum Gasteiger partial charge on any atom is -0.361 e. The van der Waals surface area contributed by atoms with E-state index in [1.165, 1.54) is 0 Å². The molecular weight excluding hydrogens is 284 g/mol. The van der Waals surface area contributed by atoms with Gasteiger partial charge in [0.25, 0.3) is 5.91 Å². The van der Waals surface area contributed by atoms with Crippen molar-refractivity contribution < 1.29 is 14.1 Å². The van der Waals surface area contributed by atoms with Gasteiger partial charge in [0.05, 0.1) is 5.69 Å². The molecule has 0 spiro atoms. The number of piperazine rings is 1. The molecule has 1 saturated heterocycles. The second-order valence-electron chi connectivity index (χ2n) is 5.91. The minimum absolute atomic E-state index is 0.0648. The number of carbonyl (C=O) groups excluding carboxylic acids is 2. The van der Waals surface area contributed by atoms with Gasteiger partial charge in [0.15, 0.2) is 0 Å². The summed E-state index contributed by atoms with van der Waals surface area (Å²) in [5.74, 6) is 0.337. The van der Waals surface area contributed by atoms with E-state index in [1.807, 2.05) is 0 Å². The predicted molar refractivity (Wildman–Crippen MR) is 81.6 cm³/mol. The van der Waals surface area contributed by atoms with Crippen molar-refractivity contribution in [1.29, 1.82) is 0 Å². The molecule has 0 aromatic carbocycles. The van der Waals surface area contributed by atoms with Crippen LogP contribution < -0.4 is 5.32 Å². The highest BCUT2D eigenvalue weighted by Gasteiger charge is 2.36. The van der Waals surface area contributed by atoms with Crippen molar-refractivity contribution in [2.75, 3.05) is 26.7 Å². The summed E-state index contributed by atoms with van der Waals surface area (Å²) in [6.45, 7) is 9.24. The quantitative estimate of drug-likeness (QED) is 0.883. The summed E-state index contributed by atoms with van der Waals surface area (Å²) in [4.78, 5) is 28.7. The van der Waals surface area contributed by atoms with Gasteiger partial charge in [-0.1, -0.05) is 5.16 Å². The summed E-state index contributed by atoms with van der Waals surface area (Å²) in [7, 11) is 1.62. The van der Waals surface area contributed by atoms with Gasteiger partial charge in [-0.15, -0.1) is 0 Å². The fourth-order valence-electron chi connectivity index (χ4n) is 2.95. The monoisotopic (exact) mass is 308 g/mol. The maximum absolute atomic E-state index is 12.7. The van der Waals surface area contributed by atoms with Gasteiger partial charge in [0, 0.05) is 32.7 Å². The SMILES string of the molecule is CNC(=O)[C@@H]1CN(C(=O)c2c(C)noc2C)CCN1C(C)C. The van der Waals surface area contributed by atoms with Crippen molar-refractivity contribution in [2.45, 2.75) is 39.8 Å². The Morgan fingerprint density at radius 3 is 2.50 bits per heavy atom. The maximum Gasteiger partial charge on any atom is 0.259 e. The number of carbonyl (C=O) groups is 2. The van der Waals surface area contributed by atoms with E-state index in [-0.39, 0.29) is 23.9 Å². The molecule has 1 aliphatic heterocycles. The Kier molecular flexibility index (Phi) is 4.85. The number of hydrogen-bond acceptors (Lipinski definition) is 5. The molecule has 2 heterocycles. The largest absolute Gasteiger partial charge is 0.361 e. The number of rotatable bonds is 3. The Morgan fingerprint density at radius 2 is 2.00 bits per heavy atom. The molecule has 0 unspecified atom stereocenters. The lowest BCUT2D eigenvalue weighted by Gasteiger charge is -2.42. The zero-order chi connectivity index (χ0) is 16.4. The molecule has 0 bridgehead atoms. The van der Waals surface area contributed by atoms with Crippen LogP contribution in [-0.2, 0) is 4.79 Å². The van der Waals surface area contributed by atoms with Crippen LogP contribution in [0.25, 0.3) is 0 Å². The topological polar surface area (TPSA) is 78.7 Å². The summed E-state index contributed by atoms with van der Waals surface area (Å²) >= 11 is 0. The lowest BCUT2D eigenvalue weighted by Crippen LogP contribution is -2.61. The Hall–Kier alpha value is -1.89. The van der Waals surface area contributed by atoms with Gasteiger partial charge < -0.3 is 14.7 Å². The van der Waals surface area contributed by atoms with E-state index in [1.54, 1.807) is 25.8 Å². The van der Waals surface area contributed by atoms with Gasteiger partial charge in [-0.25, -0.2) is 0 Å². The van der Waals surface area contributed by atoms with Crippen LogP contribution in [-0.4, -0.2) is 65.5 Å². The van der Waals surface area contributed by atoms with Crippen LogP contribution >= 0.6 is 0 Å². The van der Waals surface area contributed by atoms with Crippen molar-refractivity contribution in [2.24, 2.45) is 0 Å². The second-order valence-corrected chi connectivity index (χ2v) is 5.91. The number of hydrogen-bond donors (Lipinski definition) is 1. The molecule has 7 nitrogen and oxygen atoms in total. The lowest BCUT2D eigenvalue weighted by molar-refractivity contribution is -0.128. The normalized spacial score (nSPS) is 19.5. The van der Waals surface area contributed by atoms with Gasteiger partial charge in [-0.3, -0.25) is 14.5 Å². The third-order valence-electron chi connectivity index (χ3n) is 4.17. The molecule has 22 heavy (non-hydrogen) atoms. The van der Waals surface area contributed by atoms with E-state index in [2.05, 4.69) is 29.2 Å². The van der Waals surface area contributed by atoms with E-state index in [4.69, 9.17) is 4.52 Å². The second kappa shape index (κ2) is 6.48. The first kappa shape index (κ1) is 16.5. The highest BCUT2D eigenvalue weighted by molar-refractivity contribution is 5.96.